The molecular weight excluding hydrogens is 290 g/mol. The molecule has 1 aromatic carbocycles. The molecule has 21 heavy (non-hydrogen) atoms. The summed E-state index contributed by atoms with van der Waals surface area (Å²) in [6.07, 6.45) is 1.25. The standard InChI is InChI=1S/C15H22ClN3O2/c1-9(2)5-10(8-17)6-14(20)19-11-3-4-13(16)12(7-11)15(18)21/h3-4,7,9-10H,5-6,8,17H2,1-2H3,(H2,18,21)(H,19,20). The molecule has 0 saturated carbocycles. The Balaban J connectivity index is 2.70. The zero-order chi connectivity index (χ0) is 16.0. The molecular formula is C15H22ClN3O2. The van der Waals surface area contributed by atoms with Crippen LogP contribution in [0.1, 0.15) is 37.0 Å². The Bertz CT molecular complexity index is 518. The van der Waals surface area contributed by atoms with Gasteiger partial charge in [-0.15, -0.1) is 0 Å². The molecule has 1 rings (SSSR count). The van der Waals surface area contributed by atoms with Gasteiger partial charge in [0.15, 0.2) is 0 Å². The van der Waals surface area contributed by atoms with Gasteiger partial charge in [0.25, 0.3) is 0 Å². The molecule has 116 valence electrons. The van der Waals surface area contributed by atoms with Gasteiger partial charge in [-0.25, -0.2) is 0 Å². The van der Waals surface area contributed by atoms with E-state index in [0.29, 0.717) is 24.6 Å². The van der Waals surface area contributed by atoms with Gasteiger partial charge in [-0.2, -0.15) is 0 Å². The highest BCUT2D eigenvalue weighted by Gasteiger charge is 2.15. The maximum Gasteiger partial charge on any atom is 0.250 e. The molecule has 1 aromatic rings. The van der Waals surface area contributed by atoms with Gasteiger partial charge >= 0.3 is 0 Å². The highest BCUT2D eigenvalue weighted by molar-refractivity contribution is 6.33. The molecule has 0 spiro atoms. The Hall–Kier alpha value is -1.59. The summed E-state index contributed by atoms with van der Waals surface area (Å²) in [6, 6.07) is 4.64. The van der Waals surface area contributed by atoms with E-state index >= 15 is 0 Å². The summed E-state index contributed by atoms with van der Waals surface area (Å²) in [5.41, 5.74) is 11.6. The van der Waals surface area contributed by atoms with E-state index in [2.05, 4.69) is 19.2 Å². The van der Waals surface area contributed by atoms with E-state index in [9.17, 15) is 9.59 Å². The number of rotatable bonds is 7. The third-order valence-electron chi connectivity index (χ3n) is 3.13. The van der Waals surface area contributed by atoms with Gasteiger partial charge in [-0.3, -0.25) is 9.59 Å². The van der Waals surface area contributed by atoms with Crippen LogP contribution in [0, 0.1) is 11.8 Å². The van der Waals surface area contributed by atoms with Crippen LogP contribution in [0.25, 0.3) is 0 Å². The van der Waals surface area contributed by atoms with Gasteiger partial charge in [0.1, 0.15) is 0 Å². The predicted octanol–water partition coefficient (Wildman–Crippen LogP) is 2.39. The smallest absolute Gasteiger partial charge is 0.250 e. The Morgan fingerprint density at radius 1 is 1.33 bits per heavy atom. The molecule has 0 heterocycles. The van der Waals surface area contributed by atoms with Crippen LogP contribution in [-0.2, 0) is 4.79 Å². The summed E-state index contributed by atoms with van der Waals surface area (Å²) < 4.78 is 0. The third kappa shape index (κ3) is 5.73. The third-order valence-corrected chi connectivity index (χ3v) is 3.46. The summed E-state index contributed by atoms with van der Waals surface area (Å²) in [4.78, 5) is 23.2. The van der Waals surface area contributed by atoms with Crippen molar-refractivity contribution in [2.24, 2.45) is 23.3 Å². The van der Waals surface area contributed by atoms with Crippen LogP contribution in [0.5, 0.6) is 0 Å². The Labute approximate surface area is 130 Å². The van der Waals surface area contributed by atoms with Crippen molar-refractivity contribution in [2.45, 2.75) is 26.7 Å². The Morgan fingerprint density at radius 3 is 2.52 bits per heavy atom. The van der Waals surface area contributed by atoms with E-state index < -0.39 is 5.91 Å². The predicted molar refractivity (Wildman–Crippen MR) is 85.2 cm³/mol. The minimum Gasteiger partial charge on any atom is -0.366 e. The van der Waals surface area contributed by atoms with Crippen molar-refractivity contribution in [1.29, 1.82) is 0 Å². The number of benzene rings is 1. The molecule has 5 nitrogen and oxygen atoms in total. The highest BCUT2D eigenvalue weighted by Crippen LogP contribution is 2.21. The van der Waals surface area contributed by atoms with Crippen molar-refractivity contribution < 1.29 is 9.59 Å². The summed E-state index contributed by atoms with van der Waals surface area (Å²) in [5, 5.41) is 3.01. The van der Waals surface area contributed by atoms with Gasteiger partial charge in [0, 0.05) is 12.1 Å². The zero-order valence-electron chi connectivity index (χ0n) is 12.4. The highest BCUT2D eigenvalue weighted by atomic mass is 35.5. The van der Waals surface area contributed by atoms with Gasteiger partial charge in [-0.1, -0.05) is 25.4 Å². The second-order valence-corrected chi connectivity index (χ2v) is 5.95. The number of nitrogens with two attached hydrogens (primary N) is 2. The quantitative estimate of drug-likeness (QED) is 0.721. The molecule has 0 radical (unpaired) electrons. The van der Waals surface area contributed by atoms with E-state index in [4.69, 9.17) is 23.1 Å². The minimum atomic E-state index is -0.629. The fraction of sp³-hybridized carbons (Fsp3) is 0.467. The number of anilines is 1. The maximum absolute atomic E-state index is 12.0. The first kappa shape index (κ1) is 17.5. The maximum atomic E-state index is 12.0. The molecule has 1 atom stereocenters. The molecule has 0 bridgehead atoms. The minimum absolute atomic E-state index is 0.135. The Kier molecular flexibility index (Phi) is 6.65. The lowest BCUT2D eigenvalue weighted by Gasteiger charge is -2.16. The number of halogens is 1. The van der Waals surface area contributed by atoms with Crippen molar-refractivity contribution >= 4 is 29.1 Å². The van der Waals surface area contributed by atoms with Gasteiger partial charge in [0.2, 0.25) is 11.8 Å². The molecule has 0 aliphatic carbocycles. The molecule has 2 amide bonds. The van der Waals surface area contributed by atoms with Crippen molar-refractivity contribution in [2.75, 3.05) is 11.9 Å². The topological polar surface area (TPSA) is 98.2 Å². The van der Waals surface area contributed by atoms with E-state index in [1.807, 2.05) is 0 Å². The second-order valence-electron chi connectivity index (χ2n) is 5.54. The fourth-order valence-electron chi connectivity index (χ4n) is 2.20. The number of carbonyl (C=O) groups is 2. The number of carbonyl (C=O) groups excluding carboxylic acids is 2. The molecule has 0 saturated heterocycles. The number of primary amides is 1. The molecule has 0 aromatic heterocycles. The largest absolute Gasteiger partial charge is 0.366 e. The average molecular weight is 312 g/mol. The van der Waals surface area contributed by atoms with Crippen molar-refractivity contribution in [3.63, 3.8) is 0 Å². The Morgan fingerprint density at radius 2 is 2.00 bits per heavy atom. The number of amides is 2. The van der Waals surface area contributed by atoms with Crippen LogP contribution in [0.2, 0.25) is 5.02 Å². The fourth-order valence-corrected chi connectivity index (χ4v) is 2.41. The van der Waals surface area contributed by atoms with Gasteiger partial charge < -0.3 is 16.8 Å². The lowest BCUT2D eigenvalue weighted by atomic mass is 9.94. The van der Waals surface area contributed by atoms with E-state index in [1.54, 1.807) is 6.07 Å². The molecule has 6 heteroatoms. The monoisotopic (exact) mass is 311 g/mol. The van der Waals surface area contributed by atoms with E-state index in [1.165, 1.54) is 12.1 Å². The van der Waals surface area contributed by atoms with Crippen LogP contribution in [0.3, 0.4) is 0 Å². The lowest BCUT2D eigenvalue weighted by Crippen LogP contribution is -2.23. The SMILES string of the molecule is CC(C)CC(CN)CC(=O)Nc1ccc(Cl)c(C(N)=O)c1. The average Bonchev–Trinajstić information content (AvgIpc) is 2.39. The lowest BCUT2D eigenvalue weighted by molar-refractivity contribution is -0.117. The number of hydrogen-bond donors (Lipinski definition) is 3. The first-order valence-corrected chi connectivity index (χ1v) is 7.30. The van der Waals surface area contributed by atoms with Crippen LogP contribution in [-0.4, -0.2) is 18.4 Å². The van der Waals surface area contributed by atoms with Crippen molar-refractivity contribution in [3.8, 4) is 0 Å². The molecule has 5 N–H and O–H groups in total. The molecule has 0 aliphatic rings. The second kappa shape index (κ2) is 8.00. The van der Waals surface area contributed by atoms with Crippen LogP contribution in [0.15, 0.2) is 18.2 Å². The van der Waals surface area contributed by atoms with Crippen LogP contribution in [0.4, 0.5) is 5.69 Å². The summed E-state index contributed by atoms with van der Waals surface area (Å²) >= 11 is 5.86. The van der Waals surface area contributed by atoms with Gasteiger partial charge in [0.05, 0.1) is 10.6 Å². The van der Waals surface area contributed by atoms with Crippen molar-refractivity contribution in [3.05, 3.63) is 28.8 Å². The number of nitrogens with one attached hydrogen (secondary N) is 1. The summed E-state index contributed by atoms with van der Waals surface area (Å²) in [7, 11) is 0. The first-order chi connectivity index (χ1) is 9.83. The zero-order valence-corrected chi connectivity index (χ0v) is 13.1. The molecule has 0 fully saturated rings. The van der Waals surface area contributed by atoms with E-state index in [-0.39, 0.29) is 22.4 Å². The summed E-state index contributed by atoms with van der Waals surface area (Å²) in [5.74, 6) is -0.129. The number of hydrogen-bond acceptors (Lipinski definition) is 3. The van der Waals surface area contributed by atoms with Crippen LogP contribution < -0.4 is 16.8 Å². The van der Waals surface area contributed by atoms with E-state index in [0.717, 1.165) is 6.42 Å². The first-order valence-electron chi connectivity index (χ1n) is 6.92. The molecule has 0 aliphatic heterocycles. The van der Waals surface area contributed by atoms with Crippen LogP contribution >= 0.6 is 11.6 Å². The summed E-state index contributed by atoms with van der Waals surface area (Å²) in [6.45, 7) is 4.66. The van der Waals surface area contributed by atoms with Crippen molar-refractivity contribution in [1.82, 2.24) is 0 Å². The van der Waals surface area contributed by atoms with Gasteiger partial charge in [-0.05, 0) is 43.0 Å². The molecule has 1 unspecified atom stereocenters. The normalized spacial score (nSPS) is 12.2.